The summed E-state index contributed by atoms with van der Waals surface area (Å²) in [6.07, 6.45) is 0.818. The molecule has 0 saturated carbocycles. The number of ether oxygens (including phenoxy) is 2. The highest BCUT2D eigenvalue weighted by Gasteiger charge is 2.34. The van der Waals surface area contributed by atoms with Gasteiger partial charge in [0.25, 0.3) is 11.8 Å². The Morgan fingerprint density at radius 2 is 1.88 bits per heavy atom. The van der Waals surface area contributed by atoms with E-state index in [0.29, 0.717) is 35.7 Å². The third-order valence-electron chi connectivity index (χ3n) is 6.14. The number of nitrogens with zero attached hydrogens (tertiary/aromatic N) is 1. The third kappa shape index (κ3) is 4.91. The summed E-state index contributed by atoms with van der Waals surface area (Å²) in [5.41, 5.74) is 3.11. The summed E-state index contributed by atoms with van der Waals surface area (Å²) < 4.78 is 11.4. The van der Waals surface area contributed by atoms with Crippen molar-refractivity contribution < 1.29 is 19.1 Å². The highest BCUT2D eigenvalue weighted by atomic mass is 16.5. The number of benzene rings is 3. The summed E-state index contributed by atoms with van der Waals surface area (Å²) in [5, 5.41) is 2.95. The fraction of sp³-hybridized carbons (Fsp3) is 0.286. The SMILES string of the molecule is CC[C@@H]1Oc2ccc(NC(=O)c3cccc(OC)c3)cc2CN([C@@H](CC)c2ccccc2)C1=O. The van der Waals surface area contributed by atoms with Gasteiger partial charge in [-0.2, -0.15) is 0 Å². The molecule has 3 aromatic rings. The minimum Gasteiger partial charge on any atom is -0.497 e. The monoisotopic (exact) mass is 458 g/mol. The van der Waals surface area contributed by atoms with Gasteiger partial charge in [0.15, 0.2) is 6.10 Å². The second-order valence-corrected chi connectivity index (χ2v) is 8.32. The number of carbonyl (C=O) groups is 2. The Labute approximate surface area is 200 Å². The fourth-order valence-electron chi connectivity index (χ4n) is 4.35. The first kappa shape index (κ1) is 23.4. The maximum atomic E-state index is 13.4. The molecule has 0 unspecified atom stereocenters. The zero-order valence-corrected chi connectivity index (χ0v) is 19.8. The minimum absolute atomic E-state index is 0.0173. The molecule has 1 heterocycles. The van der Waals surface area contributed by atoms with Gasteiger partial charge in [0.05, 0.1) is 19.7 Å². The van der Waals surface area contributed by atoms with E-state index < -0.39 is 6.10 Å². The van der Waals surface area contributed by atoms with Gasteiger partial charge in [-0.05, 0) is 54.8 Å². The van der Waals surface area contributed by atoms with Crippen LogP contribution in [0.1, 0.15) is 54.2 Å². The van der Waals surface area contributed by atoms with E-state index in [1.165, 1.54) is 0 Å². The molecule has 1 N–H and O–H groups in total. The number of hydrogen-bond donors (Lipinski definition) is 1. The van der Waals surface area contributed by atoms with Gasteiger partial charge in [0, 0.05) is 16.8 Å². The van der Waals surface area contributed by atoms with Crippen molar-refractivity contribution in [2.45, 2.75) is 45.4 Å². The summed E-state index contributed by atoms with van der Waals surface area (Å²) >= 11 is 0. The van der Waals surface area contributed by atoms with Crippen molar-refractivity contribution in [2.24, 2.45) is 0 Å². The summed E-state index contributed by atoms with van der Waals surface area (Å²) in [7, 11) is 1.57. The van der Waals surface area contributed by atoms with Crippen molar-refractivity contribution in [2.75, 3.05) is 12.4 Å². The first-order valence-corrected chi connectivity index (χ1v) is 11.6. The summed E-state index contributed by atoms with van der Waals surface area (Å²) in [5.74, 6) is 1.04. The number of anilines is 1. The summed E-state index contributed by atoms with van der Waals surface area (Å²) in [6, 6.07) is 22.5. The predicted octanol–water partition coefficient (Wildman–Crippen LogP) is 5.60. The van der Waals surface area contributed by atoms with Crippen LogP contribution < -0.4 is 14.8 Å². The predicted molar refractivity (Wildman–Crippen MR) is 132 cm³/mol. The summed E-state index contributed by atoms with van der Waals surface area (Å²) in [6.45, 7) is 4.45. The molecule has 4 rings (SSSR count). The van der Waals surface area contributed by atoms with Crippen LogP contribution in [0.25, 0.3) is 0 Å². The molecule has 0 bridgehead atoms. The van der Waals surface area contributed by atoms with E-state index in [1.54, 1.807) is 37.4 Å². The molecular formula is C28H30N2O4. The second kappa shape index (κ2) is 10.4. The molecule has 1 aliphatic rings. The molecule has 176 valence electrons. The van der Waals surface area contributed by atoms with Crippen LogP contribution in [0.2, 0.25) is 0 Å². The molecule has 6 heteroatoms. The number of rotatable bonds is 7. The highest BCUT2D eigenvalue weighted by molar-refractivity contribution is 6.04. The van der Waals surface area contributed by atoms with Crippen molar-refractivity contribution in [1.82, 2.24) is 4.90 Å². The van der Waals surface area contributed by atoms with Gasteiger partial charge in [-0.15, -0.1) is 0 Å². The van der Waals surface area contributed by atoms with Gasteiger partial charge < -0.3 is 19.7 Å². The molecule has 0 spiro atoms. The number of nitrogens with one attached hydrogen (secondary N) is 1. The number of fused-ring (bicyclic) bond motifs is 1. The minimum atomic E-state index is -0.545. The van der Waals surface area contributed by atoms with Crippen LogP contribution >= 0.6 is 0 Å². The lowest BCUT2D eigenvalue weighted by atomic mass is 10.0. The van der Waals surface area contributed by atoms with Crippen molar-refractivity contribution in [1.29, 1.82) is 0 Å². The maximum absolute atomic E-state index is 13.4. The Morgan fingerprint density at radius 1 is 1.09 bits per heavy atom. The molecule has 3 aromatic carbocycles. The van der Waals surface area contributed by atoms with Gasteiger partial charge >= 0.3 is 0 Å². The van der Waals surface area contributed by atoms with Gasteiger partial charge in [0.1, 0.15) is 11.5 Å². The fourth-order valence-corrected chi connectivity index (χ4v) is 4.35. The van der Waals surface area contributed by atoms with Crippen LogP contribution in [0.3, 0.4) is 0 Å². The smallest absolute Gasteiger partial charge is 0.264 e. The quantitative estimate of drug-likeness (QED) is 0.501. The van der Waals surface area contributed by atoms with Gasteiger partial charge in [-0.25, -0.2) is 0 Å². The van der Waals surface area contributed by atoms with E-state index in [4.69, 9.17) is 9.47 Å². The molecule has 0 radical (unpaired) electrons. The lowest BCUT2D eigenvalue weighted by Crippen LogP contribution is -2.41. The zero-order valence-electron chi connectivity index (χ0n) is 19.8. The standard InChI is InChI=1S/C28H30N2O4/c1-4-24(19-10-7-6-8-11-19)30-18-21-16-22(14-15-26(21)34-25(5-2)28(30)32)29-27(31)20-12-9-13-23(17-20)33-3/h6-17,24-25H,4-5,18H2,1-3H3,(H,29,31)/t24-,25-/m0/s1. The normalized spacial score (nSPS) is 16.1. The largest absolute Gasteiger partial charge is 0.497 e. The number of methoxy groups -OCH3 is 1. The average Bonchev–Trinajstić information content (AvgIpc) is 3.01. The van der Waals surface area contributed by atoms with Crippen LogP contribution in [-0.4, -0.2) is 29.9 Å². The molecular weight excluding hydrogens is 428 g/mol. The first-order valence-electron chi connectivity index (χ1n) is 11.6. The van der Waals surface area contributed by atoms with Crippen LogP contribution in [0.15, 0.2) is 72.8 Å². The second-order valence-electron chi connectivity index (χ2n) is 8.32. The number of hydrogen-bond acceptors (Lipinski definition) is 4. The Bertz CT molecular complexity index is 1160. The molecule has 0 aromatic heterocycles. The first-order chi connectivity index (χ1) is 16.5. The van der Waals surface area contributed by atoms with E-state index in [9.17, 15) is 9.59 Å². The number of carbonyl (C=O) groups excluding carboxylic acids is 2. The Kier molecular flexibility index (Phi) is 7.16. The molecule has 6 nitrogen and oxygen atoms in total. The molecule has 0 fully saturated rings. The molecule has 1 aliphatic heterocycles. The Hall–Kier alpha value is -3.80. The molecule has 2 atom stereocenters. The van der Waals surface area contributed by atoms with E-state index >= 15 is 0 Å². The van der Waals surface area contributed by atoms with Crippen molar-refractivity contribution in [3.63, 3.8) is 0 Å². The van der Waals surface area contributed by atoms with Crippen LogP contribution in [0.4, 0.5) is 5.69 Å². The molecule has 34 heavy (non-hydrogen) atoms. The Morgan fingerprint density at radius 3 is 2.59 bits per heavy atom. The third-order valence-corrected chi connectivity index (χ3v) is 6.14. The van der Waals surface area contributed by atoms with E-state index in [2.05, 4.69) is 24.4 Å². The van der Waals surface area contributed by atoms with Crippen molar-refractivity contribution in [3.8, 4) is 11.5 Å². The van der Waals surface area contributed by atoms with Crippen LogP contribution in [-0.2, 0) is 11.3 Å². The lowest BCUT2D eigenvalue weighted by molar-refractivity contribution is -0.141. The molecule has 0 saturated heterocycles. The van der Waals surface area contributed by atoms with Crippen LogP contribution in [0, 0.1) is 0 Å². The van der Waals surface area contributed by atoms with E-state index in [1.807, 2.05) is 42.2 Å². The molecule has 2 amide bonds. The van der Waals surface area contributed by atoms with Gasteiger partial charge in [-0.3, -0.25) is 9.59 Å². The van der Waals surface area contributed by atoms with Crippen LogP contribution in [0.5, 0.6) is 11.5 Å². The number of amides is 2. The maximum Gasteiger partial charge on any atom is 0.264 e. The van der Waals surface area contributed by atoms with E-state index in [0.717, 1.165) is 17.5 Å². The topological polar surface area (TPSA) is 67.9 Å². The van der Waals surface area contributed by atoms with Gasteiger partial charge in [-0.1, -0.05) is 50.2 Å². The summed E-state index contributed by atoms with van der Waals surface area (Å²) in [4.78, 5) is 28.2. The van der Waals surface area contributed by atoms with Crippen molar-refractivity contribution in [3.05, 3.63) is 89.5 Å². The Balaban J connectivity index is 1.63. The van der Waals surface area contributed by atoms with E-state index in [-0.39, 0.29) is 17.9 Å². The van der Waals surface area contributed by atoms with Crippen molar-refractivity contribution >= 4 is 17.5 Å². The highest BCUT2D eigenvalue weighted by Crippen LogP contribution is 2.35. The van der Waals surface area contributed by atoms with Gasteiger partial charge in [0.2, 0.25) is 0 Å². The molecule has 0 aliphatic carbocycles. The average molecular weight is 459 g/mol. The zero-order chi connectivity index (χ0) is 24.1. The lowest BCUT2D eigenvalue weighted by Gasteiger charge is -2.32.